The van der Waals surface area contributed by atoms with Gasteiger partial charge >= 0.3 is 7.12 Å². The first-order chi connectivity index (χ1) is 8.40. The van der Waals surface area contributed by atoms with Crippen molar-refractivity contribution in [3.8, 4) is 0 Å². The molecule has 0 aromatic heterocycles. The molecular formula is C11H21BCl4O2. The van der Waals surface area contributed by atoms with E-state index in [4.69, 9.17) is 55.7 Å². The zero-order chi connectivity index (χ0) is 14.0. The van der Waals surface area contributed by atoms with E-state index in [-0.39, 0.29) is 6.42 Å². The third kappa shape index (κ3) is 11.0. The Balaban J connectivity index is 4.15. The van der Waals surface area contributed by atoms with Gasteiger partial charge in [-0.15, -0.1) is 11.6 Å². The molecule has 0 aliphatic carbocycles. The summed E-state index contributed by atoms with van der Waals surface area (Å²) in [5.74, 6) is 0. The van der Waals surface area contributed by atoms with Gasteiger partial charge in [0, 0.05) is 19.6 Å². The fraction of sp³-hybridized carbons (Fsp3) is 1.00. The van der Waals surface area contributed by atoms with Gasteiger partial charge in [0.05, 0.1) is 5.28 Å². The number of hydrogen-bond donors (Lipinski definition) is 0. The van der Waals surface area contributed by atoms with Crippen molar-refractivity contribution >= 4 is 53.5 Å². The minimum absolute atomic E-state index is 0.197. The van der Waals surface area contributed by atoms with Crippen LogP contribution in [0.25, 0.3) is 0 Å². The molecule has 0 aromatic carbocycles. The maximum Gasteiger partial charge on any atom is 0.476 e. The molecular weight excluding hydrogens is 317 g/mol. The average Bonchev–Trinajstić information content (AvgIpc) is 2.25. The molecule has 0 aliphatic heterocycles. The van der Waals surface area contributed by atoms with Crippen LogP contribution < -0.4 is 0 Å². The lowest BCUT2D eigenvalue weighted by Crippen LogP contribution is -2.37. The zero-order valence-electron chi connectivity index (χ0n) is 10.9. The first-order valence-corrected chi connectivity index (χ1v) is 7.91. The van der Waals surface area contributed by atoms with Gasteiger partial charge in [-0.25, -0.2) is 0 Å². The summed E-state index contributed by atoms with van der Waals surface area (Å²) in [6.07, 6.45) is 4.23. The molecule has 0 N–H and O–H groups in total. The van der Waals surface area contributed by atoms with Crippen molar-refractivity contribution in [2.75, 3.05) is 13.2 Å². The van der Waals surface area contributed by atoms with Gasteiger partial charge in [-0.3, -0.25) is 0 Å². The van der Waals surface area contributed by atoms with Crippen molar-refractivity contribution < 1.29 is 9.31 Å². The lowest BCUT2D eigenvalue weighted by atomic mass is 9.82. The Morgan fingerprint density at radius 2 is 1.44 bits per heavy atom. The Morgan fingerprint density at radius 1 is 1.00 bits per heavy atom. The molecule has 18 heavy (non-hydrogen) atoms. The van der Waals surface area contributed by atoms with E-state index in [9.17, 15) is 0 Å². The first kappa shape index (κ1) is 19.1. The summed E-state index contributed by atoms with van der Waals surface area (Å²) in [6, 6.07) is 0. The van der Waals surface area contributed by atoms with Crippen LogP contribution in [0.15, 0.2) is 0 Å². The van der Waals surface area contributed by atoms with Gasteiger partial charge in [-0.2, -0.15) is 0 Å². The predicted octanol–water partition coefficient (Wildman–Crippen LogP) is 5.01. The fourth-order valence-electron chi connectivity index (χ4n) is 1.26. The average molecular weight is 338 g/mol. The molecule has 7 heteroatoms. The zero-order valence-corrected chi connectivity index (χ0v) is 14.0. The number of unbranched alkanes of at least 4 members (excludes halogenated alkanes) is 2. The summed E-state index contributed by atoms with van der Waals surface area (Å²) in [5.41, 5.74) is 0. The molecule has 108 valence electrons. The van der Waals surface area contributed by atoms with Gasteiger partial charge in [0.25, 0.3) is 0 Å². The topological polar surface area (TPSA) is 18.5 Å². The maximum atomic E-state index is 6.19. The molecule has 0 heterocycles. The summed E-state index contributed by atoms with van der Waals surface area (Å²) in [4.78, 5) is 0. The standard InChI is InChI=1S/C11H21BCl4O2/c1-3-5-7-17-12(18-8-6-4-2)10(13)9-11(14,15)16/h10H,3-9H2,1-2H3. The predicted molar refractivity (Wildman–Crippen MR) is 82.0 cm³/mol. The first-order valence-electron chi connectivity index (χ1n) is 6.34. The van der Waals surface area contributed by atoms with Gasteiger partial charge in [0.15, 0.2) is 3.79 Å². The summed E-state index contributed by atoms with van der Waals surface area (Å²) < 4.78 is 9.83. The van der Waals surface area contributed by atoms with E-state index < -0.39 is 16.2 Å². The lowest BCUT2D eigenvalue weighted by Gasteiger charge is -2.21. The Kier molecular flexibility index (Phi) is 11.6. The third-order valence-corrected chi connectivity index (χ3v) is 3.10. The Labute approximate surface area is 131 Å². The Bertz CT molecular complexity index is 192. The SMILES string of the molecule is CCCCOB(OCCCC)C(Cl)CC(Cl)(Cl)Cl. The van der Waals surface area contributed by atoms with Gasteiger partial charge in [0.2, 0.25) is 0 Å². The smallest absolute Gasteiger partial charge is 0.410 e. The minimum Gasteiger partial charge on any atom is -0.410 e. The minimum atomic E-state index is -1.38. The van der Waals surface area contributed by atoms with Crippen LogP contribution >= 0.6 is 46.4 Å². The van der Waals surface area contributed by atoms with Crippen LogP contribution in [-0.4, -0.2) is 29.4 Å². The molecule has 0 fully saturated rings. The molecule has 0 spiro atoms. The van der Waals surface area contributed by atoms with Crippen molar-refractivity contribution in [2.45, 2.75) is 55.0 Å². The van der Waals surface area contributed by atoms with Crippen LogP contribution in [0.5, 0.6) is 0 Å². The summed E-state index contributed by atoms with van der Waals surface area (Å²) in [5, 5.41) is -0.466. The summed E-state index contributed by atoms with van der Waals surface area (Å²) in [7, 11) is -0.514. The largest absolute Gasteiger partial charge is 0.476 e. The van der Waals surface area contributed by atoms with Crippen molar-refractivity contribution in [1.82, 2.24) is 0 Å². The summed E-state index contributed by atoms with van der Waals surface area (Å²) >= 11 is 23.4. The van der Waals surface area contributed by atoms with Gasteiger partial charge in [0.1, 0.15) is 0 Å². The number of hydrogen-bond acceptors (Lipinski definition) is 2. The highest BCUT2D eigenvalue weighted by molar-refractivity contribution is 6.69. The normalized spacial score (nSPS) is 13.7. The van der Waals surface area contributed by atoms with E-state index in [0.717, 1.165) is 25.7 Å². The van der Waals surface area contributed by atoms with Crippen LogP contribution in [0.1, 0.15) is 46.0 Å². The van der Waals surface area contributed by atoms with Crippen LogP contribution in [0, 0.1) is 0 Å². The Morgan fingerprint density at radius 3 is 1.78 bits per heavy atom. The summed E-state index contributed by atoms with van der Waals surface area (Å²) in [6.45, 7) is 5.40. The van der Waals surface area contributed by atoms with E-state index in [1.54, 1.807) is 0 Å². The van der Waals surface area contributed by atoms with Crippen molar-refractivity contribution in [2.24, 2.45) is 0 Å². The second kappa shape index (κ2) is 10.9. The molecule has 1 unspecified atom stereocenters. The van der Waals surface area contributed by atoms with Crippen molar-refractivity contribution in [1.29, 1.82) is 0 Å². The third-order valence-electron chi connectivity index (χ3n) is 2.28. The number of halogens is 4. The van der Waals surface area contributed by atoms with Crippen LogP contribution in [0.2, 0.25) is 0 Å². The maximum absolute atomic E-state index is 6.19. The monoisotopic (exact) mass is 336 g/mol. The van der Waals surface area contributed by atoms with Crippen LogP contribution in [0.4, 0.5) is 0 Å². The highest BCUT2D eigenvalue weighted by atomic mass is 35.6. The molecule has 0 bridgehead atoms. The van der Waals surface area contributed by atoms with E-state index in [1.807, 2.05) is 0 Å². The van der Waals surface area contributed by atoms with E-state index >= 15 is 0 Å². The fourth-order valence-corrected chi connectivity index (χ4v) is 2.37. The van der Waals surface area contributed by atoms with E-state index in [2.05, 4.69) is 13.8 Å². The quantitative estimate of drug-likeness (QED) is 0.317. The lowest BCUT2D eigenvalue weighted by molar-refractivity contribution is 0.189. The van der Waals surface area contributed by atoms with Gasteiger partial charge in [-0.05, 0) is 12.8 Å². The van der Waals surface area contributed by atoms with Crippen LogP contribution in [0.3, 0.4) is 0 Å². The van der Waals surface area contributed by atoms with Crippen molar-refractivity contribution in [3.05, 3.63) is 0 Å². The molecule has 0 aromatic rings. The Hall–Kier alpha value is 1.14. The molecule has 2 nitrogen and oxygen atoms in total. The van der Waals surface area contributed by atoms with Crippen molar-refractivity contribution in [3.63, 3.8) is 0 Å². The molecule has 0 rings (SSSR count). The molecule has 0 aliphatic rings. The van der Waals surface area contributed by atoms with E-state index in [1.165, 1.54) is 0 Å². The highest BCUT2D eigenvalue weighted by Crippen LogP contribution is 2.33. The van der Waals surface area contributed by atoms with E-state index in [0.29, 0.717) is 13.2 Å². The van der Waals surface area contributed by atoms with Crippen LogP contribution in [-0.2, 0) is 9.31 Å². The second-order valence-corrected chi connectivity index (χ2v) is 7.23. The second-order valence-electron chi connectivity index (χ2n) is 4.15. The number of alkyl halides is 4. The van der Waals surface area contributed by atoms with Gasteiger partial charge < -0.3 is 9.31 Å². The molecule has 0 saturated carbocycles. The molecule has 0 saturated heterocycles. The van der Waals surface area contributed by atoms with Gasteiger partial charge in [-0.1, -0.05) is 61.5 Å². The molecule has 1 atom stereocenters. The highest BCUT2D eigenvalue weighted by Gasteiger charge is 2.35. The molecule has 0 radical (unpaired) electrons. The molecule has 0 amide bonds. The number of rotatable bonds is 10.